The van der Waals surface area contributed by atoms with Gasteiger partial charge in [0.25, 0.3) is 0 Å². The molecule has 0 fully saturated rings. The lowest BCUT2D eigenvalue weighted by molar-refractivity contribution is 0.439. The highest BCUT2D eigenvalue weighted by molar-refractivity contribution is 5.70. The number of aromatic nitrogens is 2. The maximum Gasteiger partial charge on any atom is 0.240 e. The number of nitrogen functional groups attached to an aromatic ring is 1. The van der Waals surface area contributed by atoms with Gasteiger partial charge in [0.2, 0.25) is 5.88 Å². The Morgan fingerprint density at radius 1 is 1.50 bits per heavy atom. The van der Waals surface area contributed by atoms with Crippen molar-refractivity contribution in [3.63, 3.8) is 0 Å². The van der Waals surface area contributed by atoms with Crippen LogP contribution in [-0.4, -0.2) is 10.1 Å². The predicted octanol–water partition coefficient (Wildman–Crippen LogP) is 1.19. The van der Waals surface area contributed by atoms with Gasteiger partial charge in [0.1, 0.15) is 17.3 Å². The molecule has 0 aromatic carbocycles. The van der Waals surface area contributed by atoms with Crippen LogP contribution >= 0.6 is 0 Å². The van der Waals surface area contributed by atoms with Gasteiger partial charge >= 0.3 is 0 Å². The normalized spacial score (nSPS) is 9.64. The molecule has 14 heavy (non-hydrogen) atoms. The average molecular weight is 186 g/mol. The maximum atomic E-state index is 8.80. The zero-order chi connectivity index (χ0) is 9.97. The minimum atomic E-state index is 0.0337. The lowest BCUT2D eigenvalue weighted by Gasteiger charge is -1.92. The Labute approximate surface area is 79.8 Å². The van der Waals surface area contributed by atoms with Gasteiger partial charge in [-0.15, -0.1) is 0 Å². The topological polar surface area (TPSA) is 88.7 Å². The number of hydrogen-bond acceptors (Lipinski definition) is 5. The summed E-state index contributed by atoms with van der Waals surface area (Å²) in [4.78, 5) is 3.91. The van der Waals surface area contributed by atoms with Crippen molar-refractivity contribution in [2.45, 2.75) is 0 Å². The molecule has 2 aromatic heterocycles. The van der Waals surface area contributed by atoms with E-state index >= 15 is 0 Å². The van der Waals surface area contributed by atoms with Crippen molar-refractivity contribution >= 4 is 5.88 Å². The molecule has 0 aliphatic rings. The third kappa shape index (κ3) is 1.19. The van der Waals surface area contributed by atoms with Crippen molar-refractivity contribution in [1.29, 1.82) is 5.26 Å². The zero-order valence-electron chi connectivity index (χ0n) is 7.14. The van der Waals surface area contributed by atoms with Gasteiger partial charge in [-0.25, -0.2) is 0 Å². The van der Waals surface area contributed by atoms with Crippen LogP contribution < -0.4 is 5.73 Å². The summed E-state index contributed by atoms with van der Waals surface area (Å²) in [5.41, 5.74) is 6.81. The lowest BCUT2D eigenvalue weighted by Crippen LogP contribution is -1.86. The molecular formula is C9H6N4O. The Bertz CT molecular complexity index is 483. The van der Waals surface area contributed by atoms with Crippen LogP contribution in [0.25, 0.3) is 11.3 Å². The molecule has 0 spiro atoms. The number of nitriles is 1. The summed E-state index contributed by atoms with van der Waals surface area (Å²) in [5, 5.41) is 12.5. The molecule has 2 aromatic rings. The van der Waals surface area contributed by atoms with Crippen molar-refractivity contribution in [1.82, 2.24) is 10.1 Å². The van der Waals surface area contributed by atoms with Gasteiger partial charge < -0.3 is 10.3 Å². The van der Waals surface area contributed by atoms with E-state index in [4.69, 9.17) is 15.5 Å². The van der Waals surface area contributed by atoms with E-state index in [-0.39, 0.29) is 11.4 Å². The molecule has 0 atom stereocenters. The van der Waals surface area contributed by atoms with Crippen molar-refractivity contribution in [3.05, 3.63) is 30.1 Å². The van der Waals surface area contributed by atoms with Crippen LogP contribution in [-0.2, 0) is 0 Å². The first-order valence-electron chi connectivity index (χ1n) is 3.88. The summed E-state index contributed by atoms with van der Waals surface area (Å²) in [6, 6.07) is 5.47. The minimum absolute atomic E-state index is 0.0337. The van der Waals surface area contributed by atoms with E-state index in [1.54, 1.807) is 24.5 Å². The molecule has 2 rings (SSSR count). The predicted molar refractivity (Wildman–Crippen MR) is 48.9 cm³/mol. The van der Waals surface area contributed by atoms with Gasteiger partial charge in [-0.3, -0.25) is 4.98 Å². The molecule has 2 heterocycles. The molecular weight excluding hydrogens is 180 g/mol. The van der Waals surface area contributed by atoms with E-state index in [0.29, 0.717) is 11.3 Å². The Morgan fingerprint density at radius 3 is 3.00 bits per heavy atom. The maximum absolute atomic E-state index is 8.80. The Balaban J connectivity index is 2.59. The summed E-state index contributed by atoms with van der Waals surface area (Å²) in [7, 11) is 0. The number of nitrogens with two attached hydrogens (primary N) is 1. The van der Waals surface area contributed by atoms with Crippen molar-refractivity contribution in [2.24, 2.45) is 0 Å². The molecule has 0 aliphatic heterocycles. The smallest absolute Gasteiger partial charge is 0.240 e. The van der Waals surface area contributed by atoms with Crippen LogP contribution in [0.15, 0.2) is 29.0 Å². The molecule has 0 saturated carbocycles. The first kappa shape index (κ1) is 8.26. The molecule has 5 heteroatoms. The number of pyridine rings is 1. The quantitative estimate of drug-likeness (QED) is 0.722. The van der Waals surface area contributed by atoms with Crippen LogP contribution in [0.5, 0.6) is 0 Å². The summed E-state index contributed by atoms with van der Waals surface area (Å²) >= 11 is 0. The second-order valence-corrected chi connectivity index (χ2v) is 2.62. The Morgan fingerprint density at radius 2 is 2.36 bits per heavy atom. The third-order valence-electron chi connectivity index (χ3n) is 1.77. The minimum Gasteiger partial charge on any atom is -0.366 e. The zero-order valence-corrected chi connectivity index (χ0v) is 7.14. The summed E-state index contributed by atoms with van der Waals surface area (Å²) in [5.74, 6) is 0.0337. The highest BCUT2D eigenvalue weighted by Gasteiger charge is 2.14. The monoisotopic (exact) mass is 186 g/mol. The first-order chi connectivity index (χ1) is 6.83. The standard InChI is InChI=1S/C9H6N4O/c10-4-7-8(13-14-9(7)11)6-2-1-3-12-5-6/h1-3,5H,11H2. The van der Waals surface area contributed by atoms with Crippen molar-refractivity contribution in [3.8, 4) is 17.3 Å². The average Bonchev–Trinajstić information content (AvgIpc) is 2.61. The molecule has 0 bridgehead atoms. The number of rotatable bonds is 1. The van der Waals surface area contributed by atoms with Gasteiger partial charge in [0, 0.05) is 18.0 Å². The van der Waals surface area contributed by atoms with Gasteiger partial charge in [-0.1, -0.05) is 5.16 Å². The van der Waals surface area contributed by atoms with Crippen LogP contribution in [0.2, 0.25) is 0 Å². The molecule has 5 nitrogen and oxygen atoms in total. The summed E-state index contributed by atoms with van der Waals surface area (Å²) < 4.78 is 4.72. The summed E-state index contributed by atoms with van der Waals surface area (Å²) in [6.07, 6.45) is 3.23. The van der Waals surface area contributed by atoms with E-state index in [9.17, 15) is 0 Å². The molecule has 0 unspecified atom stereocenters. The number of anilines is 1. The second-order valence-electron chi connectivity index (χ2n) is 2.62. The number of nitrogens with zero attached hydrogens (tertiary/aromatic N) is 3. The largest absolute Gasteiger partial charge is 0.366 e. The SMILES string of the molecule is N#Cc1c(-c2cccnc2)noc1N. The molecule has 0 aliphatic carbocycles. The van der Waals surface area contributed by atoms with E-state index in [0.717, 1.165) is 0 Å². The molecule has 68 valence electrons. The van der Waals surface area contributed by atoms with E-state index in [1.165, 1.54) is 0 Å². The van der Waals surface area contributed by atoms with Gasteiger partial charge in [0.05, 0.1) is 0 Å². The van der Waals surface area contributed by atoms with Crippen LogP contribution in [0.4, 0.5) is 5.88 Å². The molecule has 0 saturated heterocycles. The Hall–Kier alpha value is -2.35. The Kier molecular flexibility index (Phi) is 1.88. The van der Waals surface area contributed by atoms with E-state index in [2.05, 4.69) is 10.1 Å². The lowest BCUT2D eigenvalue weighted by atomic mass is 10.1. The molecule has 2 N–H and O–H groups in total. The molecule has 0 amide bonds. The van der Waals surface area contributed by atoms with Gasteiger partial charge in [-0.05, 0) is 12.1 Å². The fourth-order valence-electron chi connectivity index (χ4n) is 1.11. The van der Waals surface area contributed by atoms with E-state index < -0.39 is 0 Å². The number of hydrogen-bond donors (Lipinski definition) is 1. The molecule has 0 radical (unpaired) electrons. The van der Waals surface area contributed by atoms with Crippen LogP contribution in [0, 0.1) is 11.3 Å². The fourth-order valence-corrected chi connectivity index (χ4v) is 1.11. The first-order valence-corrected chi connectivity index (χ1v) is 3.88. The van der Waals surface area contributed by atoms with Gasteiger partial charge in [0.15, 0.2) is 0 Å². The van der Waals surface area contributed by atoms with Gasteiger partial charge in [-0.2, -0.15) is 5.26 Å². The van der Waals surface area contributed by atoms with Crippen molar-refractivity contribution < 1.29 is 4.52 Å². The summed E-state index contributed by atoms with van der Waals surface area (Å²) in [6.45, 7) is 0. The highest BCUT2D eigenvalue weighted by atomic mass is 16.5. The second kappa shape index (κ2) is 3.18. The fraction of sp³-hybridized carbons (Fsp3) is 0. The van der Waals surface area contributed by atoms with E-state index in [1.807, 2.05) is 6.07 Å². The third-order valence-corrected chi connectivity index (χ3v) is 1.77. The van der Waals surface area contributed by atoms with Crippen LogP contribution in [0.3, 0.4) is 0 Å². The highest BCUT2D eigenvalue weighted by Crippen LogP contribution is 2.24. The van der Waals surface area contributed by atoms with Crippen LogP contribution in [0.1, 0.15) is 5.56 Å². The van der Waals surface area contributed by atoms with Crippen molar-refractivity contribution in [2.75, 3.05) is 5.73 Å².